The standard InChI is InChI=1S/C23H19ClF3N3O4/c1-30-19-18(20(31)29-22(30)32)10-7-14(11-13-5-8-15(24)9-6-13)21(28-19)33-16-3-2-4-17(12-16)34-23(25,26)27/h2-6,8-9,12,14H,7,10-11H2,1H3,(H,29,31,32). The molecule has 34 heavy (non-hydrogen) atoms. The van der Waals surface area contributed by atoms with Crippen molar-refractivity contribution in [3.05, 3.63) is 85.5 Å². The number of rotatable bonds is 4. The number of alkyl halides is 3. The number of hydrogen-bond donors (Lipinski definition) is 1. The normalized spacial score (nSPS) is 15.8. The van der Waals surface area contributed by atoms with Crippen LogP contribution < -0.4 is 20.7 Å². The predicted octanol–water partition coefficient (Wildman–Crippen LogP) is 4.54. The summed E-state index contributed by atoms with van der Waals surface area (Å²) >= 11 is 5.98. The van der Waals surface area contributed by atoms with E-state index in [1.165, 1.54) is 23.7 Å². The van der Waals surface area contributed by atoms with Crippen molar-refractivity contribution < 1.29 is 22.6 Å². The van der Waals surface area contributed by atoms with E-state index in [1.807, 2.05) is 12.1 Å². The highest BCUT2D eigenvalue weighted by molar-refractivity contribution is 6.30. The van der Waals surface area contributed by atoms with Gasteiger partial charge in [-0.1, -0.05) is 29.8 Å². The van der Waals surface area contributed by atoms with Crippen molar-refractivity contribution in [3.63, 3.8) is 0 Å². The lowest BCUT2D eigenvalue weighted by Crippen LogP contribution is -2.30. The summed E-state index contributed by atoms with van der Waals surface area (Å²) < 4.78 is 49.0. The van der Waals surface area contributed by atoms with Gasteiger partial charge in [0.25, 0.3) is 5.56 Å². The zero-order valence-electron chi connectivity index (χ0n) is 17.9. The van der Waals surface area contributed by atoms with E-state index in [0.717, 1.165) is 17.7 Å². The van der Waals surface area contributed by atoms with Crippen LogP contribution in [0.3, 0.4) is 0 Å². The maximum atomic E-state index is 12.6. The Balaban J connectivity index is 1.74. The number of nitrogens with zero attached hydrogens (tertiary/aromatic N) is 2. The van der Waals surface area contributed by atoms with Crippen LogP contribution in [0.25, 0.3) is 0 Å². The number of aromatic nitrogens is 2. The van der Waals surface area contributed by atoms with Gasteiger partial charge in [-0.15, -0.1) is 13.2 Å². The molecular formula is C23H19ClF3N3O4. The van der Waals surface area contributed by atoms with Crippen LogP contribution in [0.1, 0.15) is 17.5 Å². The minimum absolute atomic E-state index is 0.0693. The van der Waals surface area contributed by atoms with Crippen LogP contribution in [0, 0.1) is 5.92 Å². The van der Waals surface area contributed by atoms with E-state index in [4.69, 9.17) is 16.3 Å². The first kappa shape index (κ1) is 23.6. The minimum atomic E-state index is -4.85. The Bertz CT molecular complexity index is 1350. The number of ether oxygens (including phenoxy) is 2. The molecule has 7 nitrogen and oxygen atoms in total. The van der Waals surface area contributed by atoms with Crippen molar-refractivity contribution in [2.24, 2.45) is 18.0 Å². The number of aromatic amines is 1. The fourth-order valence-corrected chi connectivity index (χ4v) is 3.84. The molecule has 3 aromatic rings. The molecule has 178 valence electrons. The molecule has 11 heteroatoms. The zero-order chi connectivity index (χ0) is 24.5. The summed E-state index contributed by atoms with van der Waals surface area (Å²) in [5, 5.41) is 0.574. The third kappa shape index (κ3) is 5.51. The Morgan fingerprint density at radius 2 is 1.85 bits per heavy atom. The van der Waals surface area contributed by atoms with Gasteiger partial charge in [-0.25, -0.2) is 4.79 Å². The van der Waals surface area contributed by atoms with E-state index >= 15 is 0 Å². The summed E-state index contributed by atoms with van der Waals surface area (Å²) in [6, 6.07) is 12.2. The molecule has 1 aliphatic heterocycles. The van der Waals surface area contributed by atoms with Gasteiger partial charge in [0.2, 0.25) is 0 Å². The Labute approximate surface area is 196 Å². The van der Waals surface area contributed by atoms with Gasteiger partial charge in [-0.05, 0) is 49.1 Å². The summed E-state index contributed by atoms with van der Waals surface area (Å²) in [7, 11) is 1.47. The molecule has 0 fully saturated rings. The average molecular weight is 494 g/mol. The maximum absolute atomic E-state index is 12.6. The van der Waals surface area contributed by atoms with E-state index in [-0.39, 0.29) is 23.4 Å². The number of nitrogens with one attached hydrogen (secondary N) is 1. The van der Waals surface area contributed by atoms with Crippen molar-refractivity contribution in [1.29, 1.82) is 0 Å². The molecule has 1 aromatic heterocycles. The van der Waals surface area contributed by atoms with Crippen LogP contribution in [-0.4, -0.2) is 21.8 Å². The Kier molecular flexibility index (Phi) is 6.52. The lowest BCUT2D eigenvalue weighted by atomic mass is 9.93. The molecule has 1 N–H and O–H groups in total. The Morgan fingerprint density at radius 1 is 1.15 bits per heavy atom. The van der Waals surface area contributed by atoms with Crippen molar-refractivity contribution in [2.75, 3.05) is 0 Å². The smallest absolute Gasteiger partial charge is 0.442 e. The van der Waals surface area contributed by atoms with Gasteiger partial charge in [0.05, 0.1) is 5.56 Å². The number of H-pyrrole nitrogens is 1. The molecule has 0 saturated heterocycles. The maximum Gasteiger partial charge on any atom is 0.573 e. The second-order valence-electron chi connectivity index (χ2n) is 7.76. The number of aliphatic imine (C=N–C) groups is 1. The molecule has 0 amide bonds. The predicted molar refractivity (Wildman–Crippen MR) is 120 cm³/mol. The molecule has 0 bridgehead atoms. The number of halogens is 4. The molecule has 2 heterocycles. The van der Waals surface area contributed by atoms with Gasteiger partial charge >= 0.3 is 12.1 Å². The molecule has 1 atom stereocenters. The highest BCUT2D eigenvalue weighted by Gasteiger charge is 2.31. The van der Waals surface area contributed by atoms with Gasteiger partial charge < -0.3 is 9.47 Å². The van der Waals surface area contributed by atoms with Gasteiger partial charge in [0.15, 0.2) is 5.90 Å². The van der Waals surface area contributed by atoms with Gasteiger partial charge in [-0.2, -0.15) is 4.99 Å². The molecule has 0 radical (unpaired) electrons. The fraction of sp³-hybridized carbons (Fsp3) is 0.261. The van der Waals surface area contributed by atoms with Crippen LogP contribution >= 0.6 is 11.6 Å². The lowest BCUT2D eigenvalue weighted by Gasteiger charge is -2.18. The summed E-state index contributed by atoms with van der Waals surface area (Å²) in [6.45, 7) is 0. The van der Waals surface area contributed by atoms with E-state index in [9.17, 15) is 22.8 Å². The lowest BCUT2D eigenvalue weighted by molar-refractivity contribution is -0.274. The second-order valence-corrected chi connectivity index (χ2v) is 8.20. The second kappa shape index (κ2) is 9.38. The van der Waals surface area contributed by atoms with Crippen LogP contribution in [0.5, 0.6) is 11.5 Å². The summed E-state index contributed by atoms with van der Waals surface area (Å²) in [4.78, 5) is 31.3. The van der Waals surface area contributed by atoms with Crippen molar-refractivity contribution in [2.45, 2.75) is 25.6 Å². The molecule has 0 saturated carbocycles. The number of fused-ring (bicyclic) bond motifs is 1. The zero-order valence-corrected chi connectivity index (χ0v) is 18.6. The summed E-state index contributed by atoms with van der Waals surface area (Å²) in [6.07, 6.45) is -3.61. The first-order valence-corrected chi connectivity index (χ1v) is 10.7. The third-order valence-corrected chi connectivity index (χ3v) is 5.60. The number of benzene rings is 2. The van der Waals surface area contributed by atoms with Crippen molar-refractivity contribution in [1.82, 2.24) is 9.55 Å². The third-order valence-electron chi connectivity index (χ3n) is 5.35. The first-order chi connectivity index (χ1) is 16.1. The first-order valence-electron chi connectivity index (χ1n) is 10.3. The molecule has 0 aliphatic carbocycles. The van der Waals surface area contributed by atoms with Crippen LogP contribution in [0.15, 0.2) is 63.1 Å². The van der Waals surface area contributed by atoms with Crippen molar-refractivity contribution in [3.8, 4) is 11.5 Å². The van der Waals surface area contributed by atoms with Crippen LogP contribution in [0.4, 0.5) is 19.0 Å². The molecule has 4 rings (SSSR count). The van der Waals surface area contributed by atoms with Crippen LogP contribution in [0.2, 0.25) is 5.02 Å². The SMILES string of the molecule is Cn1c2c(c(=O)[nH]c1=O)CCC(Cc1ccc(Cl)cc1)C(Oc1cccc(OC(F)(F)F)c1)=N2. The summed E-state index contributed by atoms with van der Waals surface area (Å²) in [5.74, 6) is -0.406. The van der Waals surface area contributed by atoms with Crippen LogP contribution in [-0.2, 0) is 19.9 Å². The quantitative estimate of drug-likeness (QED) is 0.578. The van der Waals surface area contributed by atoms with Gasteiger partial charge in [0, 0.05) is 24.1 Å². The van der Waals surface area contributed by atoms with E-state index in [1.54, 1.807) is 12.1 Å². The molecule has 1 aliphatic rings. The minimum Gasteiger partial charge on any atom is -0.442 e. The molecular weight excluding hydrogens is 475 g/mol. The van der Waals surface area contributed by atoms with E-state index in [0.29, 0.717) is 29.8 Å². The number of hydrogen-bond acceptors (Lipinski definition) is 5. The van der Waals surface area contributed by atoms with E-state index in [2.05, 4.69) is 14.7 Å². The van der Waals surface area contributed by atoms with Crippen molar-refractivity contribution >= 4 is 23.3 Å². The van der Waals surface area contributed by atoms with Gasteiger partial charge in [0.1, 0.15) is 17.3 Å². The molecule has 1 unspecified atom stereocenters. The van der Waals surface area contributed by atoms with E-state index < -0.39 is 23.4 Å². The Hall–Kier alpha value is -3.53. The Morgan fingerprint density at radius 3 is 2.56 bits per heavy atom. The molecule has 2 aromatic carbocycles. The summed E-state index contributed by atoms with van der Waals surface area (Å²) in [5.41, 5.74) is 0.0852. The topological polar surface area (TPSA) is 85.7 Å². The average Bonchev–Trinajstić information content (AvgIpc) is 2.93. The monoisotopic (exact) mass is 493 g/mol. The fourth-order valence-electron chi connectivity index (χ4n) is 3.72. The van der Waals surface area contributed by atoms with Gasteiger partial charge in [-0.3, -0.25) is 14.3 Å². The highest BCUT2D eigenvalue weighted by Crippen LogP contribution is 2.30. The molecule has 0 spiro atoms. The largest absolute Gasteiger partial charge is 0.573 e. The highest BCUT2D eigenvalue weighted by atomic mass is 35.5.